The van der Waals surface area contributed by atoms with E-state index in [1.165, 1.54) is 18.2 Å². The van der Waals surface area contributed by atoms with Gasteiger partial charge in [-0.3, -0.25) is 0 Å². The fraction of sp³-hybridized carbons (Fsp3) is 0.400. The maximum Gasteiger partial charge on any atom is 0.242 e. The van der Waals surface area contributed by atoms with Crippen molar-refractivity contribution in [3.8, 4) is 0 Å². The van der Waals surface area contributed by atoms with E-state index in [9.17, 15) is 16.8 Å². The van der Waals surface area contributed by atoms with Gasteiger partial charge in [0.25, 0.3) is 0 Å². The minimum absolute atomic E-state index is 0.0105. The van der Waals surface area contributed by atoms with Gasteiger partial charge in [0.1, 0.15) is 4.90 Å². The third-order valence-corrected chi connectivity index (χ3v) is 6.74. The number of halogens is 2. The summed E-state index contributed by atoms with van der Waals surface area (Å²) in [5, 5.41) is 0.279. The van der Waals surface area contributed by atoms with Crippen LogP contribution in [0, 0.1) is 0 Å². The molecule has 2 rings (SSSR count). The topological polar surface area (TPSA) is 80.3 Å². The van der Waals surface area contributed by atoms with Gasteiger partial charge in [0, 0.05) is 11.1 Å². The average Bonchev–Trinajstić information content (AvgIpc) is 2.60. The summed E-state index contributed by atoms with van der Waals surface area (Å²) in [6, 6.07) is 3.47. The number of hydrogen-bond donors (Lipinski definition) is 1. The molecule has 1 unspecified atom stereocenters. The first kappa shape index (κ1) is 15.1. The van der Waals surface area contributed by atoms with Gasteiger partial charge < -0.3 is 0 Å². The summed E-state index contributed by atoms with van der Waals surface area (Å²) in [5.74, 6) is -0.201. The third kappa shape index (κ3) is 3.61. The number of hydrogen-bond acceptors (Lipinski definition) is 4. The molecule has 1 atom stereocenters. The summed E-state index contributed by atoms with van der Waals surface area (Å²) >= 11 is 11.6. The van der Waals surface area contributed by atoms with Crippen molar-refractivity contribution in [1.29, 1.82) is 0 Å². The molecule has 5 nitrogen and oxygen atoms in total. The molecule has 1 N–H and O–H groups in total. The summed E-state index contributed by atoms with van der Waals surface area (Å²) in [6.07, 6.45) is 0.264. The Balaban J connectivity index is 2.26. The Bertz CT molecular complexity index is 700. The fourth-order valence-corrected chi connectivity index (χ4v) is 5.67. The summed E-state index contributed by atoms with van der Waals surface area (Å²) in [7, 11) is -7.03. The van der Waals surface area contributed by atoms with Crippen molar-refractivity contribution in [3.63, 3.8) is 0 Å². The monoisotopic (exact) mass is 343 g/mol. The van der Waals surface area contributed by atoms with E-state index in [4.69, 9.17) is 23.2 Å². The molecule has 1 aromatic carbocycles. The SMILES string of the molecule is O=S1(=O)CCC(NS(=O)(=O)c2cc(Cl)ccc2Cl)C1. The predicted octanol–water partition coefficient (Wildman–Crippen LogP) is 1.46. The Kier molecular flexibility index (Phi) is 4.13. The van der Waals surface area contributed by atoms with E-state index in [1.807, 2.05) is 0 Å². The highest BCUT2D eigenvalue weighted by atomic mass is 35.5. The second-order valence-electron chi connectivity index (χ2n) is 4.30. The van der Waals surface area contributed by atoms with Crippen LogP contribution >= 0.6 is 23.2 Å². The zero-order valence-corrected chi connectivity index (χ0v) is 12.8. The van der Waals surface area contributed by atoms with Gasteiger partial charge in [-0.15, -0.1) is 0 Å². The maximum absolute atomic E-state index is 12.1. The summed E-state index contributed by atoms with van der Waals surface area (Å²) in [6.45, 7) is 0. The first-order valence-corrected chi connectivity index (χ1v) is 9.43. The van der Waals surface area contributed by atoms with Crippen LogP contribution in [0.25, 0.3) is 0 Å². The van der Waals surface area contributed by atoms with Gasteiger partial charge in [0.05, 0.1) is 16.5 Å². The molecule has 1 saturated heterocycles. The number of sulfone groups is 1. The maximum atomic E-state index is 12.1. The third-order valence-electron chi connectivity index (χ3n) is 2.74. The number of nitrogens with one attached hydrogen (secondary N) is 1. The van der Waals surface area contributed by atoms with Crippen molar-refractivity contribution in [1.82, 2.24) is 4.72 Å². The molecular weight excluding hydrogens is 333 g/mol. The largest absolute Gasteiger partial charge is 0.242 e. The van der Waals surface area contributed by atoms with Crippen LogP contribution in [0.5, 0.6) is 0 Å². The van der Waals surface area contributed by atoms with E-state index in [0.717, 1.165) is 0 Å². The average molecular weight is 344 g/mol. The Morgan fingerprint density at radius 3 is 2.53 bits per heavy atom. The van der Waals surface area contributed by atoms with Crippen LogP contribution in [-0.2, 0) is 19.9 Å². The Morgan fingerprint density at radius 1 is 1.26 bits per heavy atom. The fourth-order valence-electron chi connectivity index (χ4n) is 1.85. The van der Waals surface area contributed by atoms with Crippen molar-refractivity contribution in [2.24, 2.45) is 0 Å². The number of sulfonamides is 1. The lowest BCUT2D eigenvalue weighted by molar-refractivity contribution is 0.562. The highest BCUT2D eigenvalue weighted by molar-refractivity contribution is 7.92. The summed E-state index contributed by atoms with van der Waals surface area (Å²) < 4.78 is 49.2. The minimum atomic E-state index is -3.88. The van der Waals surface area contributed by atoms with Gasteiger partial charge in [-0.25, -0.2) is 21.6 Å². The van der Waals surface area contributed by atoms with E-state index in [1.54, 1.807) is 0 Å². The number of rotatable bonds is 3. The van der Waals surface area contributed by atoms with Crippen LogP contribution in [0.1, 0.15) is 6.42 Å². The lowest BCUT2D eigenvalue weighted by Crippen LogP contribution is -2.35. The zero-order valence-electron chi connectivity index (χ0n) is 9.64. The molecule has 0 radical (unpaired) electrons. The molecule has 19 heavy (non-hydrogen) atoms. The van der Waals surface area contributed by atoms with Crippen LogP contribution in [0.4, 0.5) is 0 Å². The Labute approximate surface area is 121 Å². The molecule has 0 spiro atoms. The zero-order chi connectivity index (χ0) is 14.3. The molecule has 0 amide bonds. The van der Waals surface area contributed by atoms with E-state index in [2.05, 4.69) is 4.72 Å². The van der Waals surface area contributed by atoms with Gasteiger partial charge >= 0.3 is 0 Å². The molecule has 0 aromatic heterocycles. The smallest absolute Gasteiger partial charge is 0.229 e. The summed E-state index contributed by atoms with van der Waals surface area (Å²) in [5.41, 5.74) is 0. The van der Waals surface area contributed by atoms with Crippen LogP contribution < -0.4 is 4.72 Å². The number of benzene rings is 1. The molecule has 9 heteroatoms. The van der Waals surface area contributed by atoms with Gasteiger partial charge in [-0.2, -0.15) is 0 Å². The van der Waals surface area contributed by atoms with E-state index in [0.29, 0.717) is 0 Å². The normalized spacial score (nSPS) is 22.5. The molecular formula is C10H11Cl2NO4S2. The van der Waals surface area contributed by atoms with Crippen LogP contribution in [-0.4, -0.2) is 34.4 Å². The van der Waals surface area contributed by atoms with Gasteiger partial charge in [-0.05, 0) is 24.6 Å². The Morgan fingerprint density at radius 2 is 1.95 bits per heavy atom. The highest BCUT2D eigenvalue weighted by Gasteiger charge is 2.32. The van der Waals surface area contributed by atoms with Crippen molar-refractivity contribution < 1.29 is 16.8 Å². The molecule has 106 valence electrons. The van der Waals surface area contributed by atoms with Crippen LogP contribution in [0.3, 0.4) is 0 Å². The molecule has 1 fully saturated rings. The van der Waals surface area contributed by atoms with Crippen molar-refractivity contribution in [2.45, 2.75) is 17.4 Å². The molecule has 0 bridgehead atoms. The second-order valence-corrected chi connectivity index (χ2v) is 9.05. The van der Waals surface area contributed by atoms with E-state index in [-0.39, 0.29) is 32.9 Å². The molecule has 0 aliphatic carbocycles. The van der Waals surface area contributed by atoms with Gasteiger partial charge in [0.15, 0.2) is 9.84 Å². The van der Waals surface area contributed by atoms with Gasteiger partial charge in [0.2, 0.25) is 10.0 Å². The second kappa shape index (κ2) is 5.21. The minimum Gasteiger partial charge on any atom is -0.229 e. The van der Waals surface area contributed by atoms with Crippen LogP contribution in [0.2, 0.25) is 10.0 Å². The van der Waals surface area contributed by atoms with Crippen molar-refractivity contribution in [2.75, 3.05) is 11.5 Å². The lowest BCUT2D eigenvalue weighted by atomic mass is 10.3. The Hall–Kier alpha value is -0.340. The van der Waals surface area contributed by atoms with Gasteiger partial charge in [-0.1, -0.05) is 23.2 Å². The lowest BCUT2D eigenvalue weighted by Gasteiger charge is -2.12. The standard InChI is InChI=1S/C10H11Cl2NO4S2/c11-7-1-2-9(12)10(5-7)19(16,17)13-8-3-4-18(14,15)6-8/h1-2,5,8,13H,3-4,6H2. The van der Waals surface area contributed by atoms with E-state index < -0.39 is 25.9 Å². The van der Waals surface area contributed by atoms with Crippen molar-refractivity contribution >= 4 is 43.1 Å². The first-order chi connectivity index (χ1) is 8.70. The predicted molar refractivity (Wildman–Crippen MR) is 73.8 cm³/mol. The highest BCUT2D eigenvalue weighted by Crippen LogP contribution is 2.25. The first-order valence-electron chi connectivity index (χ1n) is 5.37. The molecule has 1 aliphatic heterocycles. The molecule has 1 heterocycles. The van der Waals surface area contributed by atoms with E-state index >= 15 is 0 Å². The van der Waals surface area contributed by atoms with Crippen LogP contribution in [0.15, 0.2) is 23.1 Å². The molecule has 0 saturated carbocycles. The molecule has 1 aliphatic rings. The summed E-state index contributed by atoms with van der Waals surface area (Å²) in [4.78, 5) is -0.147. The molecule has 1 aromatic rings. The van der Waals surface area contributed by atoms with Crippen molar-refractivity contribution in [3.05, 3.63) is 28.2 Å². The quantitative estimate of drug-likeness (QED) is 0.900.